The van der Waals surface area contributed by atoms with Crippen LogP contribution in [0.2, 0.25) is 37.3 Å². The average Bonchev–Trinajstić information content (AvgIpc) is 3.65. The number of fused-ring (bicyclic) bond motifs is 8. The molecule has 322 valence electrons. The van der Waals surface area contributed by atoms with Gasteiger partial charge in [-0.25, -0.2) is 0 Å². The van der Waals surface area contributed by atoms with Crippen LogP contribution < -0.4 is 9.47 Å². The van der Waals surface area contributed by atoms with Crippen LogP contribution in [0.25, 0.3) is 21.9 Å². The molecule has 0 bridgehead atoms. The number of rotatable bonds is 17. The molecule has 0 radical (unpaired) electrons. The van der Waals surface area contributed by atoms with Gasteiger partial charge in [-0.2, -0.15) is 0 Å². The Morgan fingerprint density at radius 3 is 2.14 bits per heavy atom. The van der Waals surface area contributed by atoms with Gasteiger partial charge in [-0.3, -0.25) is 0 Å². The van der Waals surface area contributed by atoms with E-state index in [0.717, 1.165) is 59.5 Å². The zero-order valence-electron chi connectivity index (χ0n) is 38.7. The van der Waals surface area contributed by atoms with Gasteiger partial charge >= 0.3 is 0 Å². The van der Waals surface area contributed by atoms with E-state index in [1.54, 1.807) is 0 Å². The monoisotopic (exact) mass is 847 g/mol. The Balaban J connectivity index is 1.15. The topological polar surface area (TPSA) is 57.2 Å². The van der Waals surface area contributed by atoms with E-state index < -0.39 is 16.4 Å². The van der Waals surface area contributed by atoms with E-state index in [4.69, 9.17) is 18.6 Å². The molecule has 5 nitrogen and oxygen atoms in total. The lowest BCUT2D eigenvalue weighted by Crippen LogP contribution is -2.59. The number of phenols is 1. The van der Waals surface area contributed by atoms with Crippen LogP contribution in [-0.4, -0.2) is 51.5 Å². The van der Waals surface area contributed by atoms with Crippen LogP contribution in [0, 0.1) is 11.8 Å². The van der Waals surface area contributed by atoms with Crippen LogP contribution in [0.5, 0.6) is 17.2 Å². The van der Waals surface area contributed by atoms with E-state index >= 15 is 0 Å². The standard InChI is InChI=1S/C50H78O5SSi2/c1-14-15-30-57(10,11)48(8,9)55-58(12,13)47(6,7)24-21-27-52-28-29-53-37-22-23-38-41(31-37)49(25-19-17-16-18-20-26-49)42-34-43(51)39-33-45-44(32-40(39)46(38)42)54-50(56-45,35(2)3)36(4)5/h22-23,31-36,51H,14-21,24-30H2,1-13H3. The largest absolute Gasteiger partial charge is 0.507 e. The van der Waals surface area contributed by atoms with E-state index in [-0.39, 0.29) is 20.6 Å². The van der Waals surface area contributed by atoms with Crippen molar-refractivity contribution in [1.82, 2.24) is 0 Å². The maximum atomic E-state index is 11.8. The van der Waals surface area contributed by atoms with Crippen molar-refractivity contribution in [3.63, 3.8) is 0 Å². The van der Waals surface area contributed by atoms with Crippen LogP contribution >= 0.6 is 11.8 Å². The molecule has 1 fully saturated rings. The number of thioether (sulfide) groups is 1. The van der Waals surface area contributed by atoms with Crippen molar-refractivity contribution in [3.8, 4) is 28.4 Å². The summed E-state index contributed by atoms with van der Waals surface area (Å²) in [6.07, 6.45) is 13.0. The van der Waals surface area contributed by atoms with Crippen molar-refractivity contribution in [1.29, 1.82) is 0 Å². The van der Waals surface area contributed by atoms with Crippen molar-refractivity contribution in [3.05, 3.63) is 47.5 Å². The Labute approximate surface area is 359 Å². The highest BCUT2D eigenvalue weighted by Crippen LogP contribution is 2.61. The van der Waals surface area contributed by atoms with Crippen LogP contribution in [0.1, 0.15) is 144 Å². The molecule has 1 aliphatic heterocycles. The minimum atomic E-state index is -1.99. The number of hydrogen-bond acceptors (Lipinski definition) is 6. The van der Waals surface area contributed by atoms with Crippen LogP contribution in [0.4, 0.5) is 0 Å². The first-order chi connectivity index (χ1) is 27.2. The summed E-state index contributed by atoms with van der Waals surface area (Å²) in [6, 6.07) is 14.6. The number of aromatic hydroxyl groups is 1. The molecule has 8 heteroatoms. The maximum Gasteiger partial charge on any atom is 0.192 e. The van der Waals surface area contributed by atoms with Gasteiger partial charge in [0.05, 0.1) is 19.6 Å². The summed E-state index contributed by atoms with van der Waals surface area (Å²) in [7, 11) is -3.52. The lowest BCUT2D eigenvalue weighted by Gasteiger charge is -2.50. The highest BCUT2D eigenvalue weighted by molar-refractivity contribution is 8.01. The van der Waals surface area contributed by atoms with Crippen molar-refractivity contribution < 1.29 is 23.7 Å². The Morgan fingerprint density at radius 2 is 1.48 bits per heavy atom. The predicted molar refractivity (Wildman–Crippen MR) is 252 cm³/mol. The van der Waals surface area contributed by atoms with Crippen molar-refractivity contribution >= 4 is 38.9 Å². The molecule has 0 atom stereocenters. The van der Waals surface area contributed by atoms with Crippen molar-refractivity contribution in [2.75, 3.05) is 19.8 Å². The first kappa shape index (κ1) is 45.5. The smallest absolute Gasteiger partial charge is 0.192 e. The van der Waals surface area contributed by atoms with E-state index in [9.17, 15) is 5.11 Å². The van der Waals surface area contributed by atoms with Gasteiger partial charge in [0.25, 0.3) is 0 Å². The zero-order valence-corrected chi connectivity index (χ0v) is 41.5. The highest BCUT2D eigenvalue weighted by atomic mass is 32.2. The summed E-state index contributed by atoms with van der Waals surface area (Å²) in [6.45, 7) is 32.6. The van der Waals surface area contributed by atoms with Crippen molar-refractivity contribution in [2.24, 2.45) is 11.8 Å². The second-order valence-corrected chi connectivity index (χ2v) is 32.3. The molecule has 0 saturated heterocycles. The van der Waals surface area contributed by atoms with E-state index in [2.05, 4.69) is 125 Å². The Bertz CT molecular complexity index is 1900. The second-order valence-electron chi connectivity index (χ2n) is 21.0. The molecule has 1 spiro atoms. The lowest BCUT2D eigenvalue weighted by molar-refractivity contribution is 0.0757. The summed E-state index contributed by atoms with van der Waals surface area (Å²) in [5.74, 6) is 2.91. The highest BCUT2D eigenvalue weighted by Gasteiger charge is 2.50. The fourth-order valence-electron chi connectivity index (χ4n) is 10.2. The van der Waals surface area contributed by atoms with E-state index in [0.29, 0.717) is 30.8 Å². The fraction of sp³-hybridized carbons (Fsp3) is 0.680. The molecule has 3 aromatic rings. The number of phenolic OH excluding ortho intramolecular Hbond substituents is 1. The quantitative estimate of drug-likeness (QED) is 0.108. The summed E-state index contributed by atoms with van der Waals surface area (Å²) < 4.78 is 26.8. The number of unbranched alkanes of at least 4 members (excludes halogenated alkanes) is 1. The molecule has 3 aliphatic rings. The summed E-state index contributed by atoms with van der Waals surface area (Å²) in [4.78, 5) is 0.807. The Kier molecular flexibility index (Phi) is 13.7. The van der Waals surface area contributed by atoms with Crippen LogP contribution in [0.3, 0.4) is 0 Å². The molecule has 58 heavy (non-hydrogen) atoms. The first-order valence-corrected chi connectivity index (χ1v) is 29.9. The molecule has 1 saturated carbocycles. The van der Waals surface area contributed by atoms with Gasteiger partial charge in [0.1, 0.15) is 23.9 Å². The maximum absolute atomic E-state index is 11.8. The molecule has 0 aromatic heterocycles. The van der Waals surface area contributed by atoms with Gasteiger partial charge in [0.15, 0.2) is 13.3 Å². The van der Waals surface area contributed by atoms with Gasteiger partial charge in [0.2, 0.25) is 0 Å². The third-order valence-electron chi connectivity index (χ3n) is 15.3. The van der Waals surface area contributed by atoms with Crippen LogP contribution in [0.15, 0.2) is 41.3 Å². The predicted octanol–water partition coefficient (Wildman–Crippen LogP) is 15.1. The summed E-state index contributed by atoms with van der Waals surface area (Å²) >= 11 is 1.83. The van der Waals surface area contributed by atoms with Crippen LogP contribution in [-0.2, 0) is 14.6 Å². The van der Waals surface area contributed by atoms with Gasteiger partial charge in [-0.05, 0) is 116 Å². The van der Waals surface area contributed by atoms with E-state index in [1.807, 2.05) is 11.8 Å². The molecular weight excluding hydrogens is 769 g/mol. The Hall–Kier alpha value is -1.98. The molecule has 3 aromatic carbocycles. The molecule has 0 unspecified atom stereocenters. The minimum absolute atomic E-state index is 0.0310. The Morgan fingerprint density at radius 1 is 0.810 bits per heavy atom. The molecule has 6 rings (SSSR count). The first-order valence-electron chi connectivity index (χ1n) is 23.0. The third kappa shape index (κ3) is 8.58. The molecule has 1 N–H and O–H groups in total. The zero-order chi connectivity index (χ0) is 42.3. The van der Waals surface area contributed by atoms with Gasteiger partial charge in [0, 0.05) is 34.5 Å². The third-order valence-corrected chi connectivity index (χ3v) is 26.9. The lowest BCUT2D eigenvalue weighted by atomic mass is 9.69. The fourth-order valence-corrected chi connectivity index (χ4v) is 17.6. The average molecular weight is 847 g/mol. The number of hydrogen-bond donors (Lipinski definition) is 1. The van der Waals surface area contributed by atoms with Crippen molar-refractivity contribution in [2.45, 2.75) is 191 Å². The van der Waals surface area contributed by atoms with Gasteiger partial charge in [-0.15, -0.1) is 0 Å². The molecular formula is C50H78O5SSi2. The van der Waals surface area contributed by atoms with Gasteiger partial charge < -0.3 is 23.7 Å². The normalized spacial score (nSPS) is 18.0. The number of benzene rings is 3. The SMILES string of the molecule is CCCC[Si](C)(C)C(C)(C)O[Si](C)(C)C(C)(C)CCCOCCOc1ccc2c(c1)C1(CCCCCCC1)c1cc(O)c3cc4c(cc3c1-2)OC(C(C)C)(C(C)C)S4. The number of ether oxygens (including phenoxy) is 3. The second kappa shape index (κ2) is 17.4. The molecule has 2 aliphatic carbocycles. The van der Waals surface area contributed by atoms with E-state index in [1.165, 1.54) is 73.2 Å². The molecule has 0 amide bonds. The van der Waals surface area contributed by atoms with Gasteiger partial charge in [-0.1, -0.05) is 130 Å². The summed E-state index contributed by atoms with van der Waals surface area (Å²) in [5, 5.41) is 13.9. The summed E-state index contributed by atoms with van der Waals surface area (Å²) in [5.41, 5.74) is 5.05. The molecule has 1 heterocycles. The minimum Gasteiger partial charge on any atom is -0.507 e.